The first-order valence-corrected chi connectivity index (χ1v) is 5.06. The van der Waals surface area contributed by atoms with Gasteiger partial charge in [0.25, 0.3) is 11.8 Å². The number of carboxylic acid groups (broad SMARTS) is 1. The van der Waals surface area contributed by atoms with Crippen LogP contribution < -0.4 is 0 Å². The summed E-state index contributed by atoms with van der Waals surface area (Å²) in [5.74, 6) is -8.39. The van der Waals surface area contributed by atoms with Crippen LogP contribution in [0, 0.1) is 0 Å². The summed E-state index contributed by atoms with van der Waals surface area (Å²) in [6.45, 7) is -1.60. The van der Waals surface area contributed by atoms with Gasteiger partial charge >= 0.3 is 11.9 Å². The van der Waals surface area contributed by atoms with E-state index in [1.54, 1.807) is 0 Å². The maximum atomic E-state index is 12.8. The van der Waals surface area contributed by atoms with Gasteiger partial charge in [0.1, 0.15) is 0 Å². The number of hydrogen-bond donors (Lipinski definition) is 1. The number of rotatable bonds is 4. The summed E-state index contributed by atoms with van der Waals surface area (Å²) in [6.07, 6.45) is 0. The lowest BCUT2D eigenvalue weighted by atomic mass is 10.1. The van der Waals surface area contributed by atoms with Crippen molar-refractivity contribution >= 4 is 17.8 Å². The second-order valence-electron chi connectivity index (χ2n) is 3.73. The molecule has 1 aromatic carbocycles. The van der Waals surface area contributed by atoms with E-state index in [0.29, 0.717) is 0 Å². The fraction of sp³-hybridized carbons (Fsp3) is 0.182. The van der Waals surface area contributed by atoms with E-state index in [4.69, 9.17) is 5.11 Å². The lowest BCUT2D eigenvalue weighted by Crippen LogP contribution is -2.39. The second kappa shape index (κ2) is 4.39. The average Bonchev–Trinajstić information content (AvgIpc) is 2.60. The summed E-state index contributed by atoms with van der Waals surface area (Å²) in [4.78, 5) is 37.9. The van der Waals surface area contributed by atoms with Crippen molar-refractivity contribution in [1.82, 2.24) is 5.06 Å². The largest absolute Gasteiger partial charge is 0.477 e. The molecule has 0 saturated carbocycles. The fourth-order valence-electron chi connectivity index (χ4n) is 1.49. The van der Waals surface area contributed by atoms with Crippen molar-refractivity contribution in [3.63, 3.8) is 0 Å². The van der Waals surface area contributed by atoms with E-state index in [1.807, 2.05) is 0 Å². The summed E-state index contributed by atoms with van der Waals surface area (Å²) in [7, 11) is 0. The molecule has 100 valence electrons. The highest BCUT2D eigenvalue weighted by Crippen LogP contribution is 2.24. The van der Waals surface area contributed by atoms with Crippen molar-refractivity contribution in [2.75, 3.05) is 6.61 Å². The molecule has 1 aliphatic heterocycles. The summed E-state index contributed by atoms with van der Waals surface area (Å²) in [6, 6.07) is 5.68. The Kier molecular flexibility index (Phi) is 3.03. The monoisotopic (exact) mass is 271 g/mol. The number of hydrogen-bond acceptors (Lipinski definition) is 4. The molecule has 6 nitrogen and oxygen atoms in total. The number of halogens is 2. The topological polar surface area (TPSA) is 83.9 Å². The van der Waals surface area contributed by atoms with Crippen LogP contribution in [0.1, 0.15) is 20.7 Å². The van der Waals surface area contributed by atoms with Crippen molar-refractivity contribution in [3.05, 3.63) is 35.4 Å². The molecule has 1 heterocycles. The minimum atomic E-state index is -4.19. The number of imide groups is 1. The number of carbonyl (C=O) groups excluding carboxylic acids is 2. The summed E-state index contributed by atoms with van der Waals surface area (Å²) < 4.78 is 25.6. The third-order valence-corrected chi connectivity index (χ3v) is 2.44. The first kappa shape index (κ1) is 13.1. The highest BCUT2D eigenvalue weighted by atomic mass is 19.3. The molecule has 0 aliphatic carbocycles. The quantitative estimate of drug-likeness (QED) is 0.824. The van der Waals surface area contributed by atoms with Gasteiger partial charge in [0.05, 0.1) is 11.1 Å². The van der Waals surface area contributed by atoms with E-state index in [9.17, 15) is 23.2 Å². The van der Waals surface area contributed by atoms with E-state index >= 15 is 0 Å². The SMILES string of the molecule is O=C1c2ccccc2C(=O)N1OCC(F)(F)C(=O)O. The van der Waals surface area contributed by atoms with Gasteiger partial charge < -0.3 is 5.11 Å². The predicted octanol–water partition coefficient (Wildman–Crippen LogP) is 0.934. The Morgan fingerprint density at radius 2 is 1.68 bits per heavy atom. The number of aliphatic carboxylic acids is 1. The summed E-state index contributed by atoms with van der Waals surface area (Å²) >= 11 is 0. The molecule has 0 radical (unpaired) electrons. The Morgan fingerprint density at radius 1 is 1.21 bits per heavy atom. The first-order valence-electron chi connectivity index (χ1n) is 5.06. The van der Waals surface area contributed by atoms with Crippen LogP contribution in [0.15, 0.2) is 24.3 Å². The predicted molar refractivity (Wildman–Crippen MR) is 55.5 cm³/mol. The molecule has 2 amide bonds. The van der Waals surface area contributed by atoms with Crippen LogP contribution in [-0.2, 0) is 9.63 Å². The van der Waals surface area contributed by atoms with Gasteiger partial charge in [0.2, 0.25) is 0 Å². The van der Waals surface area contributed by atoms with E-state index in [1.165, 1.54) is 24.3 Å². The van der Waals surface area contributed by atoms with Gasteiger partial charge in [-0.2, -0.15) is 8.78 Å². The molecule has 19 heavy (non-hydrogen) atoms. The van der Waals surface area contributed by atoms with Crippen LogP contribution in [0.4, 0.5) is 8.78 Å². The van der Waals surface area contributed by atoms with Crippen LogP contribution in [0.3, 0.4) is 0 Å². The first-order chi connectivity index (χ1) is 8.84. The smallest absolute Gasteiger partial charge is 0.377 e. The standard InChI is InChI=1S/C11H7F2NO5/c12-11(13,10(17)18)5-19-14-8(15)6-3-1-2-4-7(6)9(14)16/h1-4H,5H2,(H,17,18). The summed E-state index contributed by atoms with van der Waals surface area (Å²) in [5.41, 5.74) is 0.0392. The van der Waals surface area contributed by atoms with Crippen LogP contribution in [0.2, 0.25) is 0 Å². The molecule has 0 saturated heterocycles. The lowest BCUT2D eigenvalue weighted by Gasteiger charge is -2.16. The van der Waals surface area contributed by atoms with E-state index in [-0.39, 0.29) is 16.2 Å². The normalized spacial score (nSPS) is 14.7. The number of nitrogens with zero attached hydrogens (tertiary/aromatic N) is 1. The Labute approximate surface area is 105 Å². The molecule has 1 aromatic rings. The fourth-order valence-corrected chi connectivity index (χ4v) is 1.49. The number of alkyl halides is 2. The van der Waals surface area contributed by atoms with Crippen molar-refractivity contribution < 1.29 is 33.1 Å². The molecule has 0 spiro atoms. The molecule has 0 aromatic heterocycles. The van der Waals surface area contributed by atoms with E-state index < -0.39 is 30.3 Å². The van der Waals surface area contributed by atoms with Gasteiger partial charge in [0.15, 0.2) is 6.61 Å². The molecule has 8 heteroatoms. The minimum absolute atomic E-state index is 0.0196. The third kappa shape index (κ3) is 2.17. The van der Waals surface area contributed by atoms with Crippen molar-refractivity contribution in [2.45, 2.75) is 5.92 Å². The Hall–Kier alpha value is -2.35. The maximum Gasteiger partial charge on any atom is 0.377 e. The lowest BCUT2D eigenvalue weighted by molar-refractivity contribution is -0.192. The Morgan fingerprint density at radius 3 is 2.11 bits per heavy atom. The van der Waals surface area contributed by atoms with Gasteiger partial charge in [0, 0.05) is 0 Å². The molecule has 2 rings (SSSR count). The average molecular weight is 271 g/mol. The Bertz CT molecular complexity index is 537. The van der Waals surface area contributed by atoms with Gasteiger partial charge in [-0.1, -0.05) is 12.1 Å². The second-order valence-corrected chi connectivity index (χ2v) is 3.73. The molecule has 1 aliphatic rings. The number of hydroxylamine groups is 2. The number of carboxylic acids is 1. The van der Waals surface area contributed by atoms with E-state index in [0.717, 1.165) is 0 Å². The van der Waals surface area contributed by atoms with Crippen LogP contribution >= 0.6 is 0 Å². The maximum absolute atomic E-state index is 12.8. The van der Waals surface area contributed by atoms with Gasteiger partial charge in [-0.25, -0.2) is 4.79 Å². The minimum Gasteiger partial charge on any atom is -0.477 e. The zero-order chi connectivity index (χ0) is 14.2. The molecular formula is C11H7F2NO5. The zero-order valence-electron chi connectivity index (χ0n) is 9.30. The van der Waals surface area contributed by atoms with Crippen molar-refractivity contribution in [1.29, 1.82) is 0 Å². The van der Waals surface area contributed by atoms with E-state index in [2.05, 4.69) is 4.84 Å². The molecule has 0 fully saturated rings. The molecule has 0 atom stereocenters. The molecule has 0 bridgehead atoms. The van der Waals surface area contributed by atoms with Crippen molar-refractivity contribution in [2.24, 2.45) is 0 Å². The van der Waals surface area contributed by atoms with Crippen LogP contribution in [0.5, 0.6) is 0 Å². The number of benzene rings is 1. The highest BCUT2D eigenvalue weighted by Gasteiger charge is 2.43. The number of carbonyl (C=O) groups is 3. The summed E-state index contributed by atoms with van der Waals surface area (Å²) in [5, 5.41) is 8.34. The molecule has 1 N–H and O–H groups in total. The Balaban J connectivity index is 2.15. The number of fused-ring (bicyclic) bond motifs is 1. The molecule has 0 unspecified atom stereocenters. The number of amides is 2. The van der Waals surface area contributed by atoms with Gasteiger partial charge in [-0.05, 0) is 12.1 Å². The van der Waals surface area contributed by atoms with Crippen LogP contribution in [-0.4, -0.2) is 40.5 Å². The van der Waals surface area contributed by atoms with Gasteiger partial charge in [-0.3, -0.25) is 14.4 Å². The third-order valence-electron chi connectivity index (χ3n) is 2.44. The van der Waals surface area contributed by atoms with Crippen molar-refractivity contribution in [3.8, 4) is 0 Å². The van der Waals surface area contributed by atoms with Crippen LogP contribution in [0.25, 0.3) is 0 Å². The highest BCUT2D eigenvalue weighted by molar-refractivity contribution is 6.20. The molecular weight excluding hydrogens is 264 g/mol. The zero-order valence-corrected chi connectivity index (χ0v) is 9.30. The van der Waals surface area contributed by atoms with Gasteiger partial charge in [-0.15, -0.1) is 5.06 Å².